The van der Waals surface area contributed by atoms with Crippen LogP contribution in [0.4, 0.5) is 5.13 Å². The van der Waals surface area contributed by atoms with Crippen molar-refractivity contribution in [2.45, 2.75) is 25.8 Å². The molecule has 0 spiro atoms. The number of hydrogen-bond acceptors (Lipinski definition) is 6. The van der Waals surface area contributed by atoms with E-state index in [9.17, 15) is 4.79 Å². The van der Waals surface area contributed by atoms with E-state index >= 15 is 0 Å². The van der Waals surface area contributed by atoms with Crippen LogP contribution >= 0.6 is 11.3 Å². The average molecular weight is 368 g/mol. The number of carbonyl (C=O) groups is 1. The lowest BCUT2D eigenvalue weighted by Gasteiger charge is -2.25. The van der Waals surface area contributed by atoms with Gasteiger partial charge in [-0.3, -0.25) is 15.0 Å². The molecule has 0 atom stereocenters. The number of amides is 1. The first-order chi connectivity index (χ1) is 12.8. The van der Waals surface area contributed by atoms with Crippen LogP contribution in [0.3, 0.4) is 0 Å². The number of likely N-dealkylation sites (tertiary alicyclic amines) is 1. The lowest BCUT2D eigenvalue weighted by Crippen LogP contribution is -2.29. The summed E-state index contributed by atoms with van der Waals surface area (Å²) in [4.78, 5) is 20.8. The smallest absolute Gasteiger partial charge is 0.279 e. The fourth-order valence-electron chi connectivity index (χ4n) is 3.00. The highest BCUT2D eigenvalue weighted by Crippen LogP contribution is 2.19. The summed E-state index contributed by atoms with van der Waals surface area (Å²) >= 11 is 1.44. The van der Waals surface area contributed by atoms with E-state index in [4.69, 9.17) is 0 Å². The minimum atomic E-state index is -0.300. The predicted octanol–water partition coefficient (Wildman–Crippen LogP) is 2.96. The molecule has 26 heavy (non-hydrogen) atoms. The topological polar surface area (TPSA) is 75.9 Å². The summed E-state index contributed by atoms with van der Waals surface area (Å²) in [6.07, 6.45) is 5.29. The number of nitrogens with zero attached hydrogens (tertiary/aromatic N) is 5. The van der Waals surface area contributed by atoms with Crippen LogP contribution in [0.5, 0.6) is 0 Å². The van der Waals surface area contributed by atoms with E-state index < -0.39 is 0 Å². The highest BCUT2D eigenvalue weighted by atomic mass is 32.1. The Morgan fingerprint density at radius 3 is 2.77 bits per heavy atom. The third-order valence-corrected chi connectivity index (χ3v) is 5.12. The first-order valence-electron chi connectivity index (χ1n) is 8.74. The Kier molecular flexibility index (Phi) is 5.03. The van der Waals surface area contributed by atoms with Gasteiger partial charge >= 0.3 is 0 Å². The zero-order valence-corrected chi connectivity index (χ0v) is 15.2. The number of aromatic nitrogens is 4. The summed E-state index contributed by atoms with van der Waals surface area (Å²) in [5.74, 6) is -0.300. The zero-order chi connectivity index (χ0) is 17.8. The summed E-state index contributed by atoms with van der Waals surface area (Å²) in [6, 6.07) is 9.49. The molecule has 8 heteroatoms. The molecule has 3 aromatic rings. The van der Waals surface area contributed by atoms with Crippen molar-refractivity contribution in [1.82, 2.24) is 24.9 Å². The molecule has 0 radical (unpaired) electrons. The molecule has 1 amide bonds. The maximum Gasteiger partial charge on any atom is 0.279 e. The quantitative estimate of drug-likeness (QED) is 0.749. The van der Waals surface area contributed by atoms with Crippen molar-refractivity contribution in [2.24, 2.45) is 0 Å². The normalized spacial score (nSPS) is 15.1. The van der Waals surface area contributed by atoms with Crippen molar-refractivity contribution in [3.8, 4) is 5.69 Å². The maximum atomic E-state index is 12.4. The second kappa shape index (κ2) is 7.76. The number of piperidine rings is 1. The SMILES string of the molecule is O=C(Nc1nc(CN2CCCCC2)cs1)c1cnn(-c2ccccc2)n1. The van der Waals surface area contributed by atoms with Crippen LogP contribution in [-0.4, -0.2) is 43.9 Å². The lowest BCUT2D eigenvalue weighted by molar-refractivity contribution is 0.102. The fraction of sp³-hybridized carbons (Fsp3) is 0.333. The molecule has 2 aromatic heterocycles. The van der Waals surface area contributed by atoms with Crippen molar-refractivity contribution < 1.29 is 4.79 Å². The molecule has 134 valence electrons. The van der Waals surface area contributed by atoms with Gasteiger partial charge in [-0.1, -0.05) is 24.6 Å². The molecule has 0 aliphatic carbocycles. The van der Waals surface area contributed by atoms with Gasteiger partial charge < -0.3 is 0 Å². The largest absolute Gasteiger partial charge is 0.297 e. The van der Waals surface area contributed by atoms with Gasteiger partial charge in [0, 0.05) is 11.9 Å². The van der Waals surface area contributed by atoms with E-state index in [1.54, 1.807) is 0 Å². The van der Waals surface area contributed by atoms with Crippen LogP contribution in [0.25, 0.3) is 5.69 Å². The molecule has 1 saturated heterocycles. The van der Waals surface area contributed by atoms with Crippen LogP contribution in [0.2, 0.25) is 0 Å². The van der Waals surface area contributed by atoms with Gasteiger partial charge in [-0.2, -0.15) is 9.90 Å². The van der Waals surface area contributed by atoms with Crippen molar-refractivity contribution in [2.75, 3.05) is 18.4 Å². The van der Waals surface area contributed by atoms with Gasteiger partial charge in [0.25, 0.3) is 5.91 Å². The van der Waals surface area contributed by atoms with Crippen molar-refractivity contribution in [1.29, 1.82) is 0 Å². The predicted molar refractivity (Wildman–Crippen MR) is 101 cm³/mol. The first-order valence-corrected chi connectivity index (χ1v) is 9.62. The third kappa shape index (κ3) is 3.97. The number of carbonyl (C=O) groups excluding carboxylic acids is 1. The van der Waals surface area contributed by atoms with Crippen molar-refractivity contribution >= 4 is 22.4 Å². The molecule has 0 bridgehead atoms. The van der Waals surface area contributed by atoms with Crippen molar-refractivity contribution in [3.05, 3.63) is 53.3 Å². The number of hydrogen-bond donors (Lipinski definition) is 1. The number of anilines is 1. The summed E-state index contributed by atoms with van der Waals surface area (Å²) in [7, 11) is 0. The van der Waals surface area contributed by atoms with Crippen LogP contribution in [-0.2, 0) is 6.54 Å². The second-order valence-corrected chi connectivity index (χ2v) is 7.15. The molecule has 0 unspecified atom stereocenters. The molecule has 3 heterocycles. The van der Waals surface area contributed by atoms with E-state index in [1.165, 1.54) is 41.6 Å². The summed E-state index contributed by atoms with van der Waals surface area (Å²) in [5.41, 5.74) is 2.08. The summed E-state index contributed by atoms with van der Waals surface area (Å²) < 4.78 is 0. The Balaban J connectivity index is 1.38. The number of benzene rings is 1. The molecule has 1 aromatic carbocycles. The molecule has 4 rings (SSSR count). The Bertz CT molecular complexity index is 869. The standard InChI is InChI=1S/C18H20N6OS/c25-17(16-11-19-24(22-16)15-7-3-1-4-8-15)21-18-20-14(13-26-18)12-23-9-5-2-6-10-23/h1,3-4,7-8,11,13H,2,5-6,9-10,12H2,(H,20,21,25). The van der Waals surface area contributed by atoms with E-state index in [0.717, 1.165) is 31.0 Å². The maximum absolute atomic E-state index is 12.4. The Hall–Kier alpha value is -2.58. The summed E-state index contributed by atoms with van der Waals surface area (Å²) in [6.45, 7) is 3.10. The van der Waals surface area contributed by atoms with E-state index in [0.29, 0.717) is 5.13 Å². The Morgan fingerprint density at radius 1 is 1.15 bits per heavy atom. The summed E-state index contributed by atoms with van der Waals surface area (Å²) in [5, 5.41) is 13.8. The molecular formula is C18H20N6OS. The van der Waals surface area contributed by atoms with Gasteiger partial charge in [-0.15, -0.1) is 16.4 Å². The number of rotatable bonds is 5. The van der Waals surface area contributed by atoms with Crippen LogP contribution in [0.1, 0.15) is 35.4 Å². The van der Waals surface area contributed by atoms with Gasteiger partial charge in [-0.05, 0) is 38.1 Å². The van der Waals surface area contributed by atoms with E-state index in [-0.39, 0.29) is 11.6 Å². The molecule has 0 saturated carbocycles. The minimum Gasteiger partial charge on any atom is -0.297 e. The van der Waals surface area contributed by atoms with Crippen LogP contribution in [0.15, 0.2) is 41.9 Å². The molecule has 1 fully saturated rings. The fourth-order valence-corrected chi connectivity index (χ4v) is 3.69. The number of nitrogens with one attached hydrogen (secondary N) is 1. The Morgan fingerprint density at radius 2 is 1.96 bits per heavy atom. The molecular weight excluding hydrogens is 348 g/mol. The van der Waals surface area contributed by atoms with Gasteiger partial charge in [0.1, 0.15) is 0 Å². The highest BCUT2D eigenvalue weighted by Gasteiger charge is 2.15. The number of para-hydroxylation sites is 1. The molecule has 1 aliphatic heterocycles. The van der Waals surface area contributed by atoms with Crippen molar-refractivity contribution in [3.63, 3.8) is 0 Å². The molecule has 7 nitrogen and oxygen atoms in total. The van der Waals surface area contributed by atoms with Gasteiger partial charge in [0.15, 0.2) is 10.8 Å². The van der Waals surface area contributed by atoms with Crippen LogP contribution in [0, 0.1) is 0 Å². The highest BCUT2D eigenvalue weighted by molar-refractivity contribution is 7.13. The van der Waals surface area contributed by atoms with Gasteiger partial charge in [-0.25, -0.2) is 4.98 Å². The van der Waals surface area contributed by atoms with E-state index in [1.807, 2.05) is 35.7 Å². The van der Waals surface area contributed by atoms with Crippen LogP contribution < -0.4 is 5.32 Å². The van der Waals surface area contributed by atoms with E-state index in [2.05, 4.69) is 25.4 Å². The monoisotopic (exact) mass is 368 g/mol. The molecule has 1 aliphatic rings. The Labute approximate surface area is 155 Å². The third-order valence-electron chi connectivity index (χ3n) is 4.32. The zero-order valence-electron chi connectivity index (χ0n) is 14.3. The number of thiazole rings is 1. The molecule has 1 N–H and O–H groups in total. The first kappa shape index (κ1) is 16.9. The lowest BCUT2D eigenvalue weighted by atomic mass is 10.1. The second-order valence-electron chi connectivity index (χ2n) is 6.29. The minimum absolute atomic E-state index is 0.265. The average Bonchev–Trinajstić information content (AvgIpc) is 3.33. The van der Waals surface area contributed by atoms with Gasteiger partial charge in [0.05, 0.1) is 17.6 Å². The van der Waals surface area contributed by atoms with Gasteiger partial charge in [0.2, 0.25) is 0 Å².